The van der Waals surface area contributed by atoms with E-state index in [0.29, 0.717) is 23.6 Å². The minimum atomic E-state index is -3.80. The first kappa shape index (κ1) is 24.5. The summed E-state index contributed by atoms with van der Waals surface area (Å²) in [6.07, 6.45) is 6.49. The number of carbonyl (C=O) groups is 1. The van der Waals surface area contributed by atoms with Gasteiger partial charge in [-0.05, 0) is 56.4 Å². The third kappa shape index (κ3) is 5.52. The molecule has 2 saturated heterocycles. The molecule has 0 saturated carbocycles. The predicted octanol–water partition coefficient (Wildman–Crippen LogP) is 3.26. The van der Waals surface area contributed by atoms with Gasteiger partial charge in [0.25, 0.3) is 15.9 Å². The SMILES string of the molecule is CCCc1ccc(S(=O)(=O)Nc2cnc(N3CCNCC3)c(C(=O)N3CCCC[C@@H]3C)c2)cc1. The fraction of sp³-hybridized carbons (Fsp3) is 0.520. The van der Waals surface area contributed by atoms with Gasteiger partial charge in [0, 0.05) is 38.8 Å². The number of nitrogens with one attached hydrogen (secondary N) is 2. The van der Waals surface area contributed by atoms with Crippen molar-refractivity contribution >= 4 is 27.4 Å². The van der Waals surface area contributed by atoms with E-state index >= 15 is 0 Å². The molecule has 2 aliphatic rings. The monoisotopic (exact) mass is 485 g/mol. The number of anilines is 2. The number of carbonyl (C=O) groups excluding carboxylic acids is 1. The Kier molecular flexibility index (Phi) is 7.73. The van der Waals surface area contributed by atoms with Crippen LogP contribution >= 0.6 is 0 Å². The lowest BCUT2D eigenvalue weighted by molar-refractivity contribution is 0.0636. The van der Waals surface area contributed by atoms with Crippen molar-refractivity contribution in [3.05, 3.63) is 47.7 Å². The van der Waals surface area contributed by atoms with Crippen LogP contribution in [-0.4, -0.2) is 63.0 Å². The Labute approximate surface area is 202 Å². The van der Waals surface area contributed by atoms with Gasteiger partial charge in [0.1, 0.15) is 5.82 Å². The molecule has 1 aromatic carbocycles. The number of piperidine rings is 1. The van der Waals surface area contributed by atoms with Crippen LogP contribution in [0.25, 0.3) is 0 Å². The van der Waals surface area contributed by atoms with Crippen molar-refractivity contribution in [3.8, 4) is 0 Å². The zero-order valence-electron chi connectivity index (χ0n) is 20.1. The normalized spacial score (nSPS) is 19.2. The fourth-order valence-corrected chi connectivity index (χ4v) is 5.73. The smallest absolute Gasteiger partial charge is 0.261 e. The first-order valence-electron chi connectivity index (χ1n) is 12.3. The molecule has 8 nitrogen and oxygen atoms in total. The number of nitrogens with zero attached hydrogens (tertiary/aromatic N) is 3. The zero-order valence-corrected chi connectivity index (χ0v) is 20.9. The highest BCUT2D eigenvalue weighted by Crippen LogP contribution is 2.28. The second-order valence-corrected chi connectivity index (χ2v) is 10.9. The van der Waals surface area contributed by atoms with Crippen LogP contribution in [0.4, 0.5) is 11.5 Å². The van der Waals surface area contributed by atoms with Crippen LogP contribution in [0.2, 0.25) is 0 Å². The summed E-state index contributed by atoms with van der Waals surface area (Å²) in [5.74, 6) is 0.536. The Morgan fingerprint density at radius 3 is 2.56 bits per heavy atom. The Morgan fingerprint density at radius 1 is 1.15 bits per heavy atom. The maximum Gasteiger partial charge on any atom is 0.261 e. The lowest BCUT2D eigenvalue weighted by Crippen LogP contribution is -2.46. The topological polar surface area (TPSA) is 94.6 Å². The summed E-state index contributed by atoms with van der Waals surface area (Å²) in [6, 6.07) is 8.73. The third-order valence-corrected chi connectivity index (χ3v) is 8.00. The van der Waals surface area contributed by atoms with E-state index in [1.165, 1.54) is 6.20 Å². The molecule has 2 fully saturated rings. The minimum absolute atomic E-state index is 0.0850. The summed E-state index contributed by atoms with van der Waals surface area (Å²) in [6.45, 7) is 8.00. The van der Waals surface area contributed by atoms with Gasteiger partial charge in [0.2, 0.25) is 0 Å². The van der Waals surface area contributed by atoms with Gasteiger partial charge in [-0.3, -0.25) is 9.52 Å². The molecule has 4 rings (SSSR count). The van der Waals surface area contributed by atoms with Crippen molar-refractivity contribution in [2.45, 2.75) is 56.9 Å². The van der Waals surface area contributed by atoms with E-state index in [9.17, 15) is 13.2 Å². The van der Waals surface area contributed by atoms with E-state index in [-0.39, 0.29) is 16.8 Å². The number of hydrogen-bond donors (Lipinski definition) is 2. The van der Waals surface area contributed by atoms with E-state index in [1.54, 1.807) is 18.2 Å². The number of piperazine rings is 1. The van der Waals surface area contributed by atoms with Gasteiger partial charge in [-0.25, -0.2) is 13.4 Å². The maximum atomic E-state index is 13.6. The number of pyridine rings is 1. The lowest BCUT2D eigenvalue weighted by Gasteiger charge is -2.35. The number of benzene rings is 1. The van der Waals surface area contributed by atoms with Crippen LogP contribution in [0.3, 0.4) is 0 Å². The summed E-state index contributed by atoms with van der Waals surface area (Å²) >= 11 is 0. The van der Waals surface area contributed by atoms with Gasteiger partial charge in [0.05, 0.1) is 22.3 Å². The van der Waals surface area contributed by atoms with Crippen LogP contribution in [0.5, 0.6) is 0 Å². The Bertz CT molecular complexity index is 1100. The summed E-state index contributed by atoms with van der Waals surface area (Å²) in [5.41, 5.74) is 1.85. The maximum absolute atomic E-state index is 13.6. The first-order chi connectivity index (χ1) is 16.4. The summed E-state index contributed by atoms with van der Waals surface area (Å²) in [4.78, 5) is 22.4. The number of aryl methyl sites for hydroxylation is 1. The fourth-order valence-electron chi connectivity index (χ4n) is 4.69. The summed E-state index contributed by atoms with van der Waals surface area (Å²) in [7, 11) is -3.80. The summed E-state index contributed by atoms with van der Waals surface area (Å²) in [5, 5.41) is 3.32. The van der Waals surface area contributed by atoms with Crippen molar-refractivity contribution in [2.75, 3.05) is 42.3 Å². The van der Waals surface area contributed by atoms with Gasteiger partial charge in [0.15, 0.2) is 0 Å². The molecule has 0 radical (unpaired) electrons. The second kappa shape index (κ2) is 10.7. The molecule has 2 N–H and O–H groups in total. The molecule has 2 aromatic rings. The van der Waals surface area contributed by atoms with Crippen LogP contribution < -0.4 is 14.9 Å². The van der Waals surface area contributed by atoms with Gasteiger partial charge >= 0.3 is 0 Å². The number of aromatic nitrogens is 1. The van der Waals surface area contributed by atoms with Gasteiger partial charge in [-0.15, -0.1) is 0 Å². The van der Waals surface area contributed by atoms with E-state index in [2.05, 4.69) is 33.8 Å². The van der Waals surface area contributed by atoms with E-state index < -0.39 is 10.0 Å². The molecule has 1 amide bonds. The molecular weight excluding hydrogens is 450 g/mol. The zero-order chi connectivity index (χ0) is 24.1. The molecule has 0 aliphatic carbocycles. The van der Waals surface area contributed by atoms with Gasteiger partial charge in [-0.1, -0.05) is 25.5 Å². The average molecular weight is 486 g/mol. The molecule has 9 heteroatoms. The van der Waals surface area contributed by atoms with Crippen molar-refractivity contribution in [2.24, 2.45) is 0 Å². The average Bonchev–Trinajstić information content (AvgIpc) is 2.85. The predicted molar refractivity (Wildman–Crippen MR) is 135 cm³/mol. The number of amides is 1. The van der Waals surface area contributed by atoms with E-state index in [0.717, 1.165) is 63.8 Å². The van der Waals surface area contributed by atoms with Crippen LogP contribution in [-0.2, 0) is 16.4 Å². The van der Waals surface area contributed by atoms with Gasteiger partial charge in [-0.2, -0.15) is 0 Å². The first-order valence-corrected chi connectivity index (χ1v) is 13.8. The molecule has 34 heavy (non-hydrogen) atoms. The molecule has 3 heterocycles. The number of sulfonamides is 1. The molecular formula is C25H35N5O3S. The van der Waals surface area contributed by atoms with E-state index in [1.807, 2.05) is 17.0 Å². The van der Waals surface area contributed by atoms with Gasteiger partial charge < -0.3 is 15.1 Å². The summed E-state index contributed by atoms with van der Waals surface area (Å²) < 4.78 is 28.7. The molecule has 1 atom stereocenters. The number of rotatable bonds is 7. The highest BCUT2D eigenvalue weighted by molar-refractivity contribution is 7.92. The number of hydrogen-bond acceptors (Lipinski definition) is 6. The van der Waals surface area contributed by atoms with Crippen molar-refractivity contribution < 1.29 is 13.2 Å². The Morgan fingerprint density at radius 2 is 1.88 bits per heavy atom. The van der Waals surface area contributed by atoms with Crippen molar-refractivity contribution in [1.29, 1.82) is 0 Å². The third-order valence-electron chi connectivity index (χ3n) is 6.60. The van der Waals surface area contributed by atoms with Crippen molar-refractivity contribution in [1.82, 2.24) is 15.2 Å². The number of likely N-dealkylation sites (tertiary alicyclic amines) is 1. The second-order valence-electron chi connectivity index (χ2n) is 9.18. The molecule has 2 aliphatic heterocycles. The highest BCUT2D eigenvalue weighted by atomic mass is 32.2. The molecule has 0 spiro atoms. The minimum Gasteiger partial charge on any atom is -0.353 e. The standard InChI is InChI=1S/C25H35N5O3S/c1-3-6-20-8-10-22(11-9-20)34(32,33)28-21-17-23(25(31)30-14-5-4-7-19(30)2)24(27-18-21)29-15-12-26-13-16-29/h8-11,17-19,26,28H,3-7,12-16H2,1-2H3/t19-/m0/s1. The quantitative estimate of drug-likeness (QED) is 0.625. The Balaban J connectivity index is 1.64. The molecule has 1 aromatic heterocycles. The van der Waals surface area contributed by atoms with E-state index in [4.69, 9.17) is 0 Å². The lowest BCUT2D eigenvalue weighted by atomic mass is 10.0. The Hall–Kier alpha value is -2.65. The van der Waals surface area contributed by atoms with Crippen LogP contribution in [0.15, 0.2) is 41.4 Å². The molecule has 0 unspecified atom stereocenters. The molecule has 0 bridgehead atoms. The molecule has 184 valence electrons. The van der Waals surface area contributed by atoms with Crippen LogP contribution in [0.1, 0.15) is 55.5 Å². The largest absolute Gasteiger partial charge is 0.353 e. The highest BCUT2D eigenvalue weighted by Gasteiger charge is 2.29. The van der Waals surface area contributed by atoms with Crippen molar-refractivity contribution in [3.63, 3.8) is 0 Å². The van der Waals surface area contributed by atoms with Crippen LogP contribution in [0, 0.1) is 0 Å².